The molecular formula is C16H15ClN2O3S. The molecule has 7 heteroatoms. The van der Waals surface area contributed by atoms with E-state index in [2.05, 4.69) is 4.98 Å². The molecule has 23 heavy (non-hydrogen) atoms. The van der Waals surface area contributed by atoms with Crippen LogP contribution in [0.2, 0.25) is 5.02 Å². The first-order valence-electron chi connectivity index (χ1n) is 7.21. The average Bonchev–Trinajstić information content (AvgIpc) is 3.13. The molecule has 1 atom stereocenters. The largest absolute Gasteiger partial charge is 0.481 e. The van der Waals surface area contributed by atoms with Crippen molar-refractivity contribution < 1.29 is 14.7 Å². The molecule has 1 aromatic heterocycles. The zero-order chi connectivity index (χ0) is 16.6. The summed E-state index contributed by atoms with van der Waals surface area (Å²) in [7, 11) is 0. The van der Waals surface area contributed by atoms with Gasteiger partial charge in [-0.05, 0) is 25.5 Å². The van der Waals surface area contributed by atoms with E-state index in [1.165, 1.54) is 11.3 Å². The van der Waals surface area contributed by atoms with E-state index < -0.39 is 11.9 Å². The maximum atomic E-state index is 12.6. The Kier molecular flexibility index (Phi) is 4.37. The number of nitrogens with zero attached hydrogens (tertiary/aromatic N) is 2. The highest BCUT2D eigenvalue weighted by atomic mass is 35.5. The predicted molar refractivity (Wildman–Crippen MR) is 88.9 cm³/mol. The quantitative estimate of drug-likeness (QED) is 0.921. The molecule has 5 nitrogen and oxygen atoms in total. The Labute approximate surface area is 142 Å². The minimum absolute atomic E-state index is 0.142. The van der Waals surface area contributed by atoms with Gasteiger partial charge < -0.3 is 10.0 Å². The first-order chi connectivity index (χ1) is 11.0. The van der Waals surface area contributed by atoms with Gasteiger partial charge in [0.15, 0.2) is 0 Å². The van der Waals surface area contributed by atoms with E-state index >= 15 is 0 Å². The Morgan fingerprint density at radius 2 is 2.22 bits per heavy atom. The van der Waals surface area contributed by atoms with E-state index in [4.69, 9.17) is 16.7 Å². The van der Waals surface area contributed by atoms with E-state index in [0.29, 0.717) is 28.6 Å². The van der Waals surface area contributed by atoms with Gasteiger partial charge in [0.05, 0.1) is 11.6 Å². The lowest BCUT2D eigenvalue weighted by Crippen LogP contribution is -2.29. The number of aromatic nitrogens is 1. The number of hydrogen-bond acceptors (Lipinski definition) is 4. The van der Waals surface area contributed by atoms with Crippen LogP contribution in [0.5, 0.6) is 0 Å². The predicted octanol–water partition coefficient (Wildman–Crippen LogP) is 3.32. The van der Waals surface area contributed by atoms with Crippen molar-refractivity contribution in [3.63, 3.8) is 0 Å². The Balaban J connectivity index is 1.84. The number of halogens is 1. The number of thiazole rings is 1. The molecule has 0 aliphatic carbocycles. The fourth-order valence-electron chi connectivity index (χ4n) is 2.63. The smallest absolute Gasteiger partial charge is 0.308 e. The number of carbonyl (C=O) groups is 2. The summed E-state index contributed by atoms with van der Waals surface area (Å²) in [4.78, 5) is 30.3. The Bertz CT molecular complexity index is 774. The number of aryl methyl sites for hydroxylation is 1. The molecule has 0 bridgehead atoms. The number of rotatable bonds is 3. The zero-order valence-electron chi connectivity index (χ0n) is 12.5. The van der Waals surface area contributed by atoms with E-state index in [1.807, 2.05) is 18.2 Å². The standard InChI is InChI=1S/C16H15ClN2O3S/c1-9-13(15(20)19-6-5-11(8-19)16(21)22)23-14(18-9)10-3-2-4-12(17)7-10/h2-4,7,11H,5-6,8H2,1H3,(H,21,22). The van der Waals surface area contributed by atoms with Gasteiger partial charge in [0.2, 0.25) is 0 Å². The van der Waals surface area contributed by atoms with Crippen molar-refractivity contribution in [2.75, 3.05) is 13.1 Å². The highest BCUT2D eigenvalue weighted by molar-refractivity contribution is 7.17. The monoisotopic (exact) mass is 350 g/mol. The van der Waals surface area contributed by atoms with Gasteiger partial charge >= 0.3 is 5.97 Å². The van der Waals surface area contributed by atoms with Crippen LogP contribution in [0.15, 0.2) is 24.3 Å². The number of amides is 1. The minimum atomic E-state index is -0.846. The second-order valence-electron chi connectivity index (χ2n) is 5.52. The van der Waals surface area contributed by atoms with Crippen LogP contribution in [0.4, 0.5) is 0 Å². The summed E-state index contributed by atoms with van der Waals surface area (Å²) in [5.74, 6) is -1.46. The van der Waals surface area contributed by atoms with Crippen molar-refractivity contribution in [1.29, 1.82) is 0 Å². The second-order valence-corrected chi connectivity index (χ2v) is 6.95. The summed E-state index contributed by atoms with van der Waals surface area (Å²) < 4.78 is 0. The van der Waals surface area contributed by atoms with Crippen molar-refractivity contribution in [3.05, 3.63) is 39.9 Å². The van der Waals surface area contributed by atoms with Gasteiger partial charge in [-0.25, -0.2) is 4.98 Å². The van der Waals surface area contributed by atoms with Gasteiger partial charge in [0.25, 0.3) is 5.91 Å². The summed E-state index contributed by atoms with van der Waals surface area (Å²) in [5.41, 5.74) is 1.53. The fraction of sp³-hybridized carbons (Fsp3) is 0.312. The molecule has 1 saturated heterocycles. The summed E-state index contributed by atoms with van der Waals surface area (Å²) in [6.07, 6.45) is 0.500. The van der Waals surface area contributed by atoms with Crippen LogP contribution in [0.25, 0.3) is 10.6 Å². The zero-order valence-corrected chi connectivity index (χ0v) is 14.0. The van der Waals surface area contributed by atoms with Gasteiger partial charge in [-0.3, -0.25) is 9.59 Å². The second kappa shape index (κ2) is 6.29. The Morgan fingerprint density at radius 1 is 1.43 bits per heavy atom. The van der Waals surface area contributed by atoms with Crippen LogP contribution < -0.4 is 0 Å². The molecule has 0 radical (unpaired) electrons. The summed E-state index contributed by atoms with van der Waals surface area (Å²) in [5, 5.41) is 10.4. The van der Waals surface area contributed by atoms with Crippen LogP contribution in [0, 0.1) is 12.8 Å². The molecule has 0 saturated carbocycles. The number of carboxylic acids is 1. The molecular weight excluding hydrogens is 336 g/mol. The van der Waals surface area contributed by atoms with Crippen molar-refractivity contribution in [1.82, 2.24) is 9.88 Å². The lowest BCUT2D eigenvalue weighted by atomic mass is 10.1. The lowest BCUT2D eigenvalue weighted by Gasteiger charge is -2.14. The maximum Gasteiger partial charge on any atom is 0.308 e. The molecule has 1 N–H and O–H groups in total. The van der Waals surface area contributed by atoms with Crippen molar-refractivity contribution in [3.8, 4) is 10.6 Å². The van der Waals surface area contributed by atoms with E-state index in [9.17, 15) is 9.59 Å². The van der Waals surface area contributed by atoms with Gasteiger partial charge in [-0.15, -0.1) is 11.3 Å². The molecule has 3 rings (SSSR count). The summed E-state index contributed by atoms with van der Waals surface area (Å²) >= 11 is 7.32. The van der Waals surface area contributed by atoms with Crippen LogP contribution in [0.1, 0.15) is 21.8 Å². The molecule has 1 aliphatic rings. The van der Waals surface area contributed by atoms with Crippen molar-refractivity contribution >= 4 is 34.8 Å². The number of carboxylic acid groups (broad SMARTS) is 1. The average molecular weight is 351 g/mol. The molecule has 2 aromatic rings. The summed E-state index contributed by atoms with van der Waals surface area (Å²) in [6, 6.07) is 7.33. The third-order valence-electron chi connectivity index (χ3n) is 3.89. The fourth-order valence-corrected chi connectivity index (χ4v) is 3.85. The summed E-state index contributed by atoms with van der Waals surface area (Å²) in [6.45, 7) is 2.53. The van der Waals surface area contributed by atoms with Crippen LogP contribution in [-0.4, -0.2) is 40.0 Å². The first-order valence-corrected chi connectivity index (χ1v) is 8.40. The number of likely N-dealkylation sites (tertiary alicyclic amines) is 1. The van der Waals surface area contributed by atoms with E-state index in [0.717, 1.165) is 10.6 Å². The van der Waals surface area contributed by atoms with Crippen LogP contribution >= 0.6 is 22.9 Å². The van der Waals surface area contributed by atoms with Crippen molar-refractivity contribution in [2.45, 2.75) is 13.3 Å². The molecule has 2 heterocycles. The molecule has 0 spiro atoms. The Hall–Kier alpha value is -1.92. The third kappa shape index (κ3) is 3.23. The van der Waals surface area contributed by atoms with Gasteiger partial charge in [0.1, 0.15) is 9.88 Å². The lowest BCUT2D eigenvalue weighted by molar-refractivity contribution is -0.141. The molecule has 1 aliphatic heterocycles. The highest BCUT2D eigenvalue weighted by Gasteiger charge is 2.32. The van der Waals surface area contributed by atoms with Crippen molar-refractivity contribution in [2.24, 2.45) is 5.92 Å². The van der Waals surface area contributed by atoms with E-state index in [-0.39, 0.29) is 12.5 Å². The number of benzene rings is 1. The molecule has 1 amide bonds. The van der Waals surface area contributed by atoms with Crippen LogP contribution in [-0.2, 0) is 4.79 Å². The van der Waals surface area contributed by atoms with Gasteiger partial charge in [0, 0.05) is 23.7 Å². The van der Waals surface area contributed by atoms with Gasteiger partial charge in [-0.2, -0.15) is 0 Å². The normalized spacial score (nSPS) is 17.5. The minimum Gasteiger partial charge on any atom is -0.481 e. The maximum absolute atomic E-state index is 12.6. The molecule has 1 fully saturated rings. The molecule has 120 valence electrons. The number of carbonyl (C=O) groups excluding carboxylic acids is 1. The number of aliphatic carboxylic acids is 1. The van der Waals surface area contributed by atoms with Crippen LogP contribution in [0.3, 0.4) is 0 Å². The third-order valence-corrected chi connectivity index (χ3v) is 5.32. The highest BCUT2D eigenvalue weighted by Crippen LogP contribution is 2.31. The topological polar surface area (TPSA) is 70.5 Å². The first kappa shape index (κ1) is 16.0. The molecule has 1 aromatic carbocycles. The Morgan fingerprint density at radius 3 is 2.87 bits per heavy atom. The SMILES string of the molecule is Cc1nc(-c2cccc(Cl)c2)sc1C(=O)N1CCC(C(=O)O)C1. The van der Waals surface area contributed by atoms with Gasteiger partial charge in [-0.1, -0.05) is 23.7 Å². The van der Waals surface area contributed by atoms with E-state index in [1.54, 1.807) is 17.9 Å². The number of hydrogen-bond donors (Lipinski definition) is 1. The molecule has 1 unspecified atom stereocenters.